The van der Waals surface area contributed by atoms with Gasteiger partial charge in [0.2, 0.25) is 5.91 Å². The minimum Gasteiger partial charge on any atom is -0.324 e. The highest BCUT2D eigenvalue weighted by atomic mass is 35.5. The van der Waals surface area contributed by atoms with Crippen LogP contribution in [0.4, 0.5) is 5.69 Å². The van der Waals surface area contributed by atoms with E-state index in [1.165, 1.54) is 6.07 Å². The summed E-state index contributed by atoms with van der Waals surface area (Å²) in [5.41, 5.74) is 2.65. The summed E-state index contributed by atoms with van der Waals surface area (Å²) >= 11 is 6.00. The molecule has 0 unspecified atom stereocenters. The maximum absolute atomic E-state index is 12.0. The zero-order chi connectivity index (χ0) is 15.6. The van der Waals surface area contributed by atoms with E-state index in [4.69, 9.17) is 11.6 Å². The fourth-order valence-electron chi connectivity index (χ4n) is 1.86. The molecule has 21 heavy (non-hydrogen) atoms. The number of halogens is 1. The van der Waals surface area contributed by atoms with Gasteiger partial charge in [0.1, 0.15) is 6.54 Å². The fourth-order valence-corrected chi connectivity index (χ4v) is 2.03. The summed E-state index contributed by atoms with van der Waals surface area (Å²) < 4.78 is 1.15. The quantitative estimate of drug-likeness (QED) is 0.947. The monoisotopic (exact) mass is 305 g/mol. The van der Waals surface area contributed by atoms with Gasteiger partial charge in [-0.2, -0.15) is 5.10 Å². The number of benzene rings is 1. The van der Waals surface area contributed by atoms with Gasteiger partial charge in [-0.1, -0.05) is 17.7 Å². The molecule has 0 aliphatic carbocycles. The highest BCUT2D eigenvalue weighted by molar-refractivity contribution is 6.31. The van der Waals surface area contributed by atoms with Gasteiger partial charge in [-0.15, -0.1) is 0 Å². The maximum atomic E-state index is 12.0. The van der Waals surface area contributed by atoms with E-state index in [-0.39, 0.29) is 18.0 Å². The van der Waals surface area contributed by atoms with Crippen molar-refractivity contribution in [2.45, 2.75) is 27.3 Å². The molecule has 5 nitrogen and oxygen atoms in total. The second kappa shape index (κ2) is 6.10. The van der Waals surface area contributed by atoms with Crippen LogP contribution < -0.4 is 10.9 Å². The van der Waals surface area contributed by atoms with Gasteiger partial charge in [-0.25, -0.2) is 4.68 Å². The molecule has 1 heterocycles. The molecule has 1 N–H and O–H groups in total. The Morgan fingerprint density at radius 1 is 1.33 bits per heavy atom. The van der Waals surface area contributed by atoms with Crippen molar-refractivity contribution in [1.29, 1.82) is 0 Å². The summed E-state index contributed by atoms with van der Waals surface area (Å²) in [5, 5.41) is 7.43. The van der Waals surface area contributed by atoms with Gasteiger partial charge in [0.05, 0.1) is 5.69 Å². The number of hydrogen-bond acceptors (Lipinski definition) is 3. The molecule has 2 rings (SSSR count). The largest absolute Gasteiger partial charge is 0.324 e. The summed E-state index contributed by atoms with van der Waals surface area (Å²) in [6, 6.07) is 6.74. The predicted octanol–water partition coefficient (Wildman–Crippen LogP) is 2.46. The number of hydrogen-bond donors (Lipinski definition) is 1. The number of amides is 1. The van der Waals surface area contributed by atoms with E-state index in [9.17, 15) is 9.59 Å². The lowest BCUT2D eigenvalue weighted by Gasteiger charge is -2.10. The van der Waals surface area contributed by atoms with Crippen LogP contribution in [0.5, 0.6) is 0 Å². The van der Waals surface area contributed by atoms with Crippen molar-refractivity contribution >= 4 is 23.2 Å². The summed E-state index contributed by atoms with van der Waals surface area (Å²) in [5.74, 6) is -0.321. The summed E-state index contributed by atoms with van der Waals surface area (Å²) in [6.07, 6.45) is 0. The molecule has 0 aliphatic heterocycles. The molecule has 0 aliphatic rings. The lowest BCUT2D eigenvalue weighted by molar-refractivity contribution is -0.117. The highest BCUT2D eigenvalue weighted by Crippen LogP contribution is 2.22. The fraction of sp³-hybridized carbons (Fsp3) is 0.267. The highest BCUT2D eigenvalue weighted by Gasteiger charge is 2.10. The van der Waals surface area contributed by atoms with Gasteiger partial charge in [-0.05, 0) is 44.0 Å². The number of rotatable bonds is 3. The van der Waals surface area contributed by atoms with Crippen LogP contribution >= 0.6 is 11.6 Å². The van der Waals surface area contributed by atoms with Crippen molar-refractivity contribution in [2.75, 3.05) is 5.32 Å². The number of nitrogens with one attached hydrogen (secondary N) is 1. The van der Waals surface area contributed by atoms with Crippen LogP contribution in [0.1, 0.15) is 16.8 Å². The van der Waals surface area contributed by atoms with Crippen LogP contribution in [0, 0.1) is 20.8 Å². The van der Waals surface area contributed by atoms with Crippen LogP contribution in [0.25, 0.3) is 0 Å². The number of carbonyl (C=O) groups excluding carboxylic acids is 1. The van der Waals surface area contributed by atoms with Crippen molar-refractivity contribution in [3.8, 4) is 0 Å². The standard InChI is InChI=1S/C15H16ClN3O2/c1-9-7-15(21)19(18-11(9)3)8-14(20)17-13-6-4-5-12(16)10(13)2/h4-7H,8H2,1-3H3,(H,17,20). The zero-order valence-electron chi connectivity index (χ0n) is 12.1. The van der Waals surface area contributed by atoms with Crippen LogP contribution in [0.3, 0.4) is 0 Å². The Morgan fingerprint density at radius 2 is 2.05 bits per heavy atom. The maximum Gasteiger partial charge on any atom is 0.267 e. The van der Waals surface area contributed by atoms with E-state index >= 15 is 0 Å². The molecule has 0 bridgehead atoms. The van der Waals surface area contributed by atoms with Crippen LogP contribution in [0.15, 0.2) is 29.1 Å². The third-order valence-corrected chi connectivity index (χ3v) is 3.68. The van der Waals surface area contributed by atoms with E-state index < -0.39 is 0 Å². The summed E-state index contributed by atoms with van der Waals surface area (Å²) in [7, 11) is 0. The number of anilines is 1. The first-order valence-corrected chi connectivity index (χ1v) is 6.86. The Hall–Kier alpha value is -2.14. The van der Waals surface area contributed by atoms with E-state index in [1.54, 1.807) is 25.1 Å². The van der Waals surface area contributed by atoms with Gasteiger partial charge in [0, 0.05) is 16.8 Å². The lowest BCUT2D eigenvalue weighted by atomic mass is 10.2. The van der Waals surface area contributed by atoms with E-state index in [0.717, 1.165) is 21.5 Å². The first-order valence-electron chi connectivity index (χ1n) is 6.49. The molecule has 0 spiro atoms. The third-order valence-electron chi connectivity index (χ3n) is 3.27. The number of nitrogens with zero attached hydrogens (tertiary/aromatic N) is 2. The van der Waals surface area contributed by atoms with Crippen LogP contribution in [-0.2, 0) is 11.3 Å². The topological polar surface area (TPSA) is 64.0 Å². The first kappa shape index (κ1) is 15.3. The minimum atomic E-state index is -0.321. The first-order chi connectivity index (χ1) is 9.88. The van der Waals surface area contributed by atoms with Crippen LogP contribution in [-0.4, -0.2) is 15.7 Å². The van der Waals surface area contributed by atoms with E-state index in [2.05, 4.69) is 10.4 Å². The van der Waals surface area contributed by atoms with Crippen molar-refractivity contribution in [3.05, 3.63) is 56.5 Å². The molecule has 2 aromatic rings. The molecule has 1 amide bonds. The molecule has 0 saturated heterocycles. The molecule has 6 heteroatoms. The number of aryl methyl sites for hydroxylation is 2. The van der Waals surface area contributed by atoms with Crippen molar-refractivity contribution in [2.24, 2.45) is 0 Å². The predicted molar refractivity (Wildman–Crippen MR) is 82.8 cm³/mol. The average molecular weight is 306 g/mol. The molecule has 0 saturated carbocycles. The molecule has 110 valence electrons. The molecule has 0 fully saturated rings. The minimum absolute atomic E-state index is 0.133. The molecule has 1 aromatic heterocycles. The molecule has 0 atom stereocenters. The van der Waals surface area contributed by atoms with Gasteiger partial charge >= 0.3 is 0 Å². The zero-order valence-corrected chi connectivity index (χ0v) is 12.9. The Morgan fingerprint density at radius 3 is 2.76 bits per heavy atom. The Balaban J connectivity index is 2.18. The number of carbonyl (C=O) groups is 1. The van der Waals surface area contributed by atoms with Gasteiger partial charge in [0.15, 0.2) is 0 Å². The van der Waals surface area contributed by atoms with Crippen LogP contribution in [0.2, 0.25) is 5.02 Å². The van der Waals surface area contributed by atoms with Gasteiger partial charge < -0.3 is 5.32 Å². The number of aromatic nitrogens is 2. The molecule has 0 radical (unpaired) electrons. The molecular formula is C15H16ClN3O2. The Bertz CT molecular complexity index is 753. The lowest BCUT2D eigenvalue weighted by Crippen LogP contribution is -2.30. The molecular weight excluding hydrogens is 290 g/mol. The van der Waals surface area contributed by atoms with E-state index in [0.29, 0.717) is 10.7 Å². The van der Waals surface area contributed by atoms with Gasteiger partial charge in [-0.3, -0.25) is 9.59 Å². The van der Waals surface area contributed by atoms with E-state index in [1.807, 2.05) is 13.8 Å². The van der Waals surface area contributed by atoms with Crippen molar-refractivity contribution < 1.29 is 4.79 Å². The summed E-state index contributed by atoms with van der Waals surface area (Å²) in [4.78, 5) is 23.8. The second-order valence-electron chi connectivity index (χ2n) is 4.87. The van der Waals surface area contributed by atoms with Gasteiger partial charge in [0.25, 0.3) is 5.56 Å². The van der Waals surface area contributed by atoms with Crippen molar-refractivity contribution in [3.63, 3.8) is 0 Å². The smallest absolute Gasteiger partial charge is 0.267 e. The van der Waals surface area contributed by atoms with Crippen molar-refractivity contribution in [1.82, 2.24) is 9.78 Å². The average Bonchev–Trinajstić information content (AvgIpc) is 2.41. The third kappa shape index (κ3) is 3.49. The normalized spacial score (nSPS) is 10.5. The Labute approximate surface area is 127 Å². The summed E-state index contributed by atoms with van der Waals surface area (Å²) in [6.45, 7) is 5.29. The second-order valence-corrected chi connectivity index (χ2v) is 5.28. The SMILES string of the molecule is Cc1cc(=O)n(CC(=O)Nc2cccc(Cl)c2C)nc1C. The Kier molecular flexibility index (Phi) is 4.43. The molecule has 1 aromatic carbocycles.